The Labute approximate surface area is 244 Å². The zero-order valence-corrected chi connectivity index (χ0v) is 23.2. The minimum atomic E-state index is -0.973. The van der Waals surface area contributed by atoms with Crippen molar-refractivity contribution in [3.8, 4) is 11.1 Å². The van der Waals surface area contributed by atoms with E-state index in [1.54, 1.807) is 24.3 Å². The summed E-state index contributed by atoms with van der Waals surface area (Å²) >= 11 is 0. The molecule has 5 heteroatoms. The number of hydrogen-bond donors (Lipinski definition) is 2. The molecule has 42 heavy (non-hydrogen) atoms. The summed E-state index contributed by atoms with van der Waals surface area (Å²) in [6, 6.07) is 35.8. The van der Waals surface area contributed by atoms with Gasteiger partial charge in [0.1, 0.15) is 0 Å². The van der Waals surface area contributed by atoms with Crippen molar-refractivity contribution in [2.24, 2.45) is 0 Å². The van der Waals surface area contributed by atoms with Gasteiger partial charge in [-0.2, -0.15) is 0 Å². The minimum Gasteiger partial charge on any atom is -0.478 e. The van der Waals surface area contributed by atoms with E-state index in [1.165, 1.54) is 21.9 Å². The average Bonchev–Trinajstić information content (AvgIpc) is 3.72. The lowest BCUT2D eigenvalue weighted by Crippen LogP contribution is -2.27. The van der Waals surface area contributed by atoms with Gasteiger partial charge < -0.3 is 14.8 Å². The van der Waals surface area contributed by atoms with Crippen molar-refractivity contribution < 1.29 is 14.7 Å². The van der Waals surface area contributed by atoms with Gasteiger partial charge >= 0.3 is 5.97 Å². The summed E-state index contributed by atoms with van der Waals surface area (Å²) < 4.78 is 2.10. The molecule has 1 atom stereocenters. The van der Waals surface area contributed by atoms with Crippen molar-refractivity contribution in [1.29, 1.82) is 0 Å². The van der Waals surface area contributed by atoms with Gasteiger partial charge in [0.05, 0.1) is 22.7 Å². The fraction of sp³-hybridized carbons (Fsp3) is 0.135. The standard InChI is InChI=1S/C37H30N2O3/c1-24(25-11-13-28(14-12-25)36(41)42)38-35(40)32-22-30(26-7-3-2-4-8-26)23-39-20-17-33(34(32)39)37(18-19-37)31-16-15-27-9-5-6-10-29(27)21-31/h2-17,20-24H,18-19H2,1H3,(H,38,40)(H,41,42)/t24-/m0/s1. The second-order valence-electron chi connectivity index (χ2n) is 11.3. The third-order valence-corrected chi connectivity index (χ3v) is 8.67. The Kier molecular flexibility index (Phi) is 6.16. The molecule has 1 saturated carbocycles. The molecule has 6 aromatic rings. The molecule has 1 amide bonds. The van der Waals surface area contributed by atoms with Gasteiger partial charge in [-0.05, 0) is 82.6 Å². The number of pyridine rings is 1. The monoisotopic (exact) mass is 550 g/mol. The van der Waals surface area contributed by atoms with Crippen LogP contribution in [0.5, 0.6) is 0 Å². The summed E-state index contributed by atoms with van der Waals surface area (Å²) in [5.41, 5.74) is 6.91. The predicted molar refractivity (Wildman–Crippen MR) is 166 cm³/mol. The van der Waals surface area contributed by atoms with E-state index in [2.05, 4.69) is 82.8 Å². The lowest BCUT2D eigenvalue weighted by molar-refractivity contribution is 0.0696. The second-order valence-corrected chi connectivity index (χ2v) is 11.3. The summed E-state index contributed by atoms with van der Waals surface area (Å²) in [7, 11) is 0. The van der Waals surface area contributed by atoms with Crippen LogP contribution in [0, 0.1) is 0 Å². The van der Waals surface area contributed by atoms with Crippen LogP contribution in [0.25, 0.3) is 27.4 Å². The van der Waals surface area contributed by atoms with Crippen LogP contribution in [0.2, 0.25) is 0 Å². The molecule has 0 aliphatic heterocycles. The van der Waals surface area contributed by atoms with E-state index in [-0.39, 0.29) is 22.9 Å². The van der Waals surface area contributed by atoms with Gasteiger partial charge in [0.15, 0.2) is 0 Å². The summed E-state index contributed by atoms with van der Waals surface area (Å²) in [6.07, 6.45) is 6.23. The molecular weight excluding hydrogens is 520 g/mol. The maximum atomic E-state index is 14.1. The highest BCUT2D eigenvalue weighted by atomic mass is 16.4. The number of rotatable bonds is 7. The van der Waals surface area contributed by atoms with Gasteiger partial charge in [0, 0.05) is 17.8 Å². The molecule has 0 radical (unpaired) electrons. The summed E-state index contributed by atoms with van der Waals surface area (Å²) in [5, 5.41) is 14.9. The van der Waals surface area contributed by atoms with Gasteiger partial charge in [-0.1, -0.05) is 84.9 Å². The SMILES string of the molecule is C[C@H](NC(=O)c1cc(-c2ccccc2)cn2ccc(C3(c4ccc5ccccc5c4)CC3)c12)c1ccc(C(=O)O)cc1. The number of carboxylic acid groups (broad SMARTS) is 1. The van der Waals surface area contributed by atoms with Crippen molar-refractivity contribution in [3.63, 3.8) is 0 Å². The molecule has 206 valence electrons. The van der Waals surface area contributed by atoms with Gasteiger partial charge in [0.25, 0.3) is 5.91 Å². The fourth-order valence-electron chi connectivity index (χ4n) is 6.20. The topological polar surface area (TPSA) is 70.8 Å². The van der Waals surface area contributed by atoms with Crippen molar-refractivity contribution in [1.82, 2.24) is 9.72 Å². The number of aromatic carboxylic acids is 1. The first kappa shape index (κ1) is 25.8. The number of aromatic nitrogens is 1. The number of benzene rings is 4. The quantitative estimate of drug-likeness (QED) is 0.211. The zero-order valence-electron chi connectivity index (χ0n) is 23.2. The molecule has 2 heterocycles. The Morgan fingerprint density at radius 1 is 0.810 bits per heavy atom. The van der Waals surface area contributed by atoms with Crippen molar-refractivity contribution in [2.45, 2.75) is 31.2 Å². The highest BCUT2D eigenvalue weighted by Gasteiger charge is 2.47. The van der Waals surface area contributed by atoms with Crippen molar-refractivity contribution in [2.75, 3.05) is 0 Å². The molecule has 5 nitrogen and oxygen atoms in total. The normalized spacial score (nSPS) is 14.5. The third kappa shape index (κ3) is 4.44. The van der Waals surface area contributed by atoms with Crippen LogP contribution in [0.1, 0.15) is 63.2 Å². The number of carbonyl (C=O) groups is 2. The highest BCUT2D eigenvalue weighted by Crippen LogP contribution is 2.55. The van der Waals surface area contributed by atoms with E-state index in [4.69, 9.17) is 0 Å². The van der Waals surface area contributed by atoms with E-state index >= 15 is 0 Å². The Bertz CT molecular complexity index is 1970. The van der Waals surface area contributed by atoms with Crippen LogP contribution < -0.4 is 5.32 Å². The van der Waals surface area contributed by atoms with E-state index in [1.807, 2.05) is 31.2 Å². The first-order chi connectivity index (χ1) is 20.4. The molecule has 2 aromatic heterocycles. The Balaban J connectivity index is 1.33. The molecule has 1 aliphatic rings. The molecule has 2 N–H and O–H groups in total. The predicted octanol–water partition coefficient (Wildman–Crippen LogP) is 8.03. The Morgan fingerprint density at radius 2 is 1.52 bits per heavy atom. The summed E-state index contributed by atoms with van der Waals surface area (Å²) in [5.74, 6) is -1.14. The molecule has 0 spiro atoms. The Morgan fingerprint density at radius 3 is 2.24 bits per heavy atom. The smallest absolute Gasteiger partial charge is 0.335 e. The number of fused-ring (bicyclic) bond motifs is 2. The number of hydrogen-bond acceptors (Lipinski definition) is 2. The molecule has 0 bridgehead atoms. The largest absolute Gasteiger partial charge is 0.478 e. The number of nitrogens with one attached hydrogen (secondary N) is 1. The number of amides is 1. The lowest BCUT2D eigenvalue weighted by atomic mass is 9.86. The van der Waals surface area contributed by atoms with Crippen molar-refractivity contribution >= 4 is 28.2 Å². The van der Waals surface area contributed by atoms with Crippen LogP contribution in [-0.4, -0.2) is 21.4 Å². The van der Waals surface area contributed by atoms with Crippen molar-refractivity contribution in [3.05, 3.63) is 149 Å². The molecule has 0 unspecified atom stereocenters. The van der Waals surface area contributed by atoms with Crippen LogP contribution in [0.3, 0.4) is 0 Å². The molecule has 4 aromatic carbocycles. The zero-order chi connectivity index (χ0) is 28.8. The van der Waals surface area contributed by atoms with Crippen LogP contribution >= 0.6 is 0 Å². The van der Waals surface area contributed by atoms with E-state index in [9.17, 15) is 14.7 Å². The fourth-order valence-corrected chi connectivity index (χ4v) is 6.20. The molecule has 1 fully saturated rings. The minimum absolute atomic E-state index is 0.139. The average molecular weight is 551 g/mol. The molecule has 1 aliphatic carbocycles. The maximum absolute atomic E-state index is 14.1. The van der Waals surface area contributed by atoms with Crippen LogP contribution in [0.4, 0.5) is 0 Å². The van der Waals surface area contributed by atoms with E-state index in [0.29, 0.717) is 5.56 Å². The molecule has 7 rings (SSSR count). The number of nitrogens with zero attached hydrogens (tertiary/aromatic N) is 1. The van der Waals surface area contributed by atoms with Gasteiger partial charge in [-0.3, -0.25) is 4.79 Å². The lowest BCUT2D eigenvalue weighted by Gasteiger charge is -2.20. The maximum Gasteiger partial charge on any atom is 0.335 e. The number of carbonyl (C=O) groups excluding carboxylic acids is 1. The third-order valence-electron chi connectivity index (χ3n) is 8.67. The first-order valence-electron chi connectivity index (χ1n) is 14.3. The summed E-state index contributed by atoms with van der Waals surface area (Å²) in [6.45, 7) is 1.92. The molecular formula is C37H30N2O3. The highest BCUT2D eigenvalue weighted by molar-refractivity contribution is 6.03. The van der Waals surface area contributed by atoms with E-state index < -0.39 is 5.97 Å². The first-order valence-corrected chi connectivity index (χ1v) is 14.3. The van der Waals surface area contributed by atoms with Gasteiger partial charge in [-0.25, -0.2) is 4.79 Å². The summed E-state index contributed by atoms with van der Waals surface area (Å²) in [4.78, 5) is 25.4. The second kappa shape index (κ2) is 10.0. The molecule has 0 saturated heterocycles. The van der Waals surface area contributed by atoms with Crippen LogP contribution in [0.15, 0.2) is 122 Å². The van der Waals surface area contributed by atoms with Gasteiger partial charge in [0.2, 0.25) is 0 Å². The van der Waals surface area contributed by atoms with Gasteiger partial charge in [-0.15, -0.1) is 0 Å². The number of carboxylic acids is 1. The Hall–Kier alpha value is -5.16. The van der Waals surface area contributed by atoms with E-state index in [0.717, 1.165) is 35.0 Å². The van der Waals surface area contributed by atoms with Crippen LogP contribution in [-0.2, 0) is 5.41 Å².